The number of esters is 1. The Labute approximate surface area is 182 Å². The van der Waals surface area contributed by atoms with E-state index in [2.05, 4.69) is 15.9 Å². The van der Waals surface area contributed by atoms with Crippen LogP contribution in [0, 0.1) is 6.92 Å². The van der Waals surface area contributed by atoms with Gasteiger partial charge in [-0.3, -0.25) is 4.79 Å². The summed E-state index contributed by atoms with van der Waals surface area (Å²) in [5.41, 5.74) is 2.38. The summed E-state index contributed by atoms with van der Waals surface area (Å²) in [7, 11) is 1.59. The van der Waals surface area contributed by atoms with Gasteiger partial charge in [-0.2, -0.15) is 0 Å². The van der Waals surface area contributed by atoms with Crippen molar-refractivity contribution in [3.63, 3.8) is 0 Å². The van der Waals surface area contributed by atoms with Crippen LogP contribution < -0.4 is 14.2 Å². The third-order valence-electron chi connectivity index (χ3n) is 4.65. The lowest BCUT2D eigenvalue weighted by Crippen LogP contribution is -2.08. The molecule has 0 fully saturated rings. The van der Waals surface area contributed by atoms with Crippen LogP contribution in [0.2, 0.25) is 0 Å². The summed E-state index contributed by atoms with van der Waals surface area (Å²) < 4.78 is 17.3. The zero-order chi connectivity index (χ0) is 21.3. The molecule has 150 valence electrons. The monoisotopic (exact) mass is 464 g/mol. The van der Waals surface area contributed by atoms with E-state index in [0.717, 1.165) is 15.8 Å². The molecule has 0 amide bonds. The van der Waals surface area contributed by atoms with Gasteiger partial charge in [-0.1, -0.05) is 28.1 Å². The summed E-state index contributed by atoms with van der Waals surface area (Å²) >= 11 is 3.33. The summed E-state index contributed by atoms with van der Waals surface area (Å²) in [4.78, 5) is 25.2. The maximum atomic E-state index is 12.8. The molecule has 0 spiro atoms. The first-order chi connectivity index (χ1) is 14.4. The van der Waals surface area contributed by atoms with Gasteiger partial charge in [0.2, 0.25) is 5.78 Å². The number of benzene rings is 3. The zero-order valence-electron chi connectivity index (χ0n) is 16.3. The van der Waals surface area contributed by atoms with E-state index in [-0.39, 0.29) is 11.5 Å². The minimum absolute atomic E-state index is 0.205. The van der Waals surface area contributed by atoms with Gasteiger partial charge in [0.15, 0.2) is 5.76 Å². The second-order valence-corrected chi connectivity index (χ2v) is 7.64. The standard InChI is InChI=1S/C24H17BrO5/c1-14-11-19(29-24(27)16-5-7-17(25)8-6-16)13-20-22(14)23(26)21(30-20)12-15-3-9-18(28-2)10-4-15/h3-13H,1-2H3/b21-12-. The Morgan fingerprint density at radius 3 is 2.37 bits per heavy atom. The van der Waals surface area contributed by atoms with E-state index in [1.54, 1.807) is 56.5 Å². The highest BCUT2D eigenvalue weighted by Crippen LogP contribution is 2.37. The van der Waals surface area contributed by atoms with Crippen molar-refractivity contribution in [1.82, 2.24) is 0 Å². The van der Waals surface area contributed by atoms with Crippen molar-refractivity contribution in [2.45, 2.75) is 6.92 Å². The lowest BCUT2D eigenvalue weighted by Gasteiger charge is -2.08. The maximum absolute atomic E-state index is 12.8. The van der Waals surface area contributed by atoms with Crippen molar-refractivity contribution in [2.24, 2.45) is 0 Å². The molecule has 1 aliphatic heterocycles. The quantitative estimate of drug-likeness (QED) is 0.285. The molecule has 0 saturated heterocycles. The zero-order valence-corrected chi connectivity index (χ0v) is 17.9. The number of fused-ring (bicyclic) bond motifs is 1. The van der Waals surface area contributed by atoms with Crippen molar-refractivity contribution in [3.8, 4) is 17.2 Å². The Balaban J connectivity index is 1.58. The van der Waals surface area contributed by atoms with Crippen LogP contribution in [-0.4, -0.2) is 18.9 Å². The number of hydrogen-bond acceptors (Lipinski definition) is 5. The smallest absolute Gasteiger partial charge is 0.343 e. The molecule has 4 rings (SSSR count). The van der Waals surface area contributed by atoms with Gasteiger partial charge in [-0.15, -0.1) is 0 Å². The molecule has 6 heteroatoms. The SMILES string of the molecule is COc1ccc(/C=C2\Oc3cc(OC(=O)c4ccc(Br)cc4)cc(C)c3C2=O)cc1. The van der Waals surface area contributed by atoms with Crippen LogP contribution in [0.15, 0.2) is 70.9 Å². The first kappa shape index (κ1) is 19.9. The first-order valence-corrected chi connectivity index (χ1v) is 9.94. The summed E-state index contributed by atoms with van der Waals surface area (Å²) in [5, 5.41) is 0. The van der Waals surface area contributed by atoms with Gasteiger partial charge in [-0.25, -0.2) is 4.79 Å². The fraction of sp³-hybridized carbons (Fsp3) is 0.0833. The topological polar surface area (TPSA) is 61.8 Å². The maximum Gasteiger partial charge on any atom is 0.343 e. The third-order valence-corrected chi connectivity index (χ3v) is 5.18. The number of methoxy groups -OCH3 is 1. The number of Topliss-reactive ketones (excluding diaryl/α,β-unsaturated/α-hetero) is 1. The Morgan fingerprint density at radius 2 is 1.70 bits per heavy atom. The molecule has 0 atom stereocenters. The van der Waals surface area contributed by atoms with Crippen LogP contribution in [0.25, 0.3) is 6.08 Å². The van der Waals surface area contributed by atoms with E-state index in [4.69, 9.17) is 14.2 Å². The number of hydrogen-bond donors (Lipinski definition) is 0. The molecule has 0 bridgehead atoms. The van der Waals surface area contributed by atoms with Crippen LogP contribution in [0.4, 0.5) is 0 Å². The van der Waals surface area contributed by atoms with E-state index >= 15 is 0 Å². The van der Waals surface area contributed by atoms with Crippen LogP contribution >= 0.6 is 15.9 Å². The largest absolute Gasteiger partial charge is 0.497 e. The summed E-state index contributed by atoms with van der Waals surface area (Å²) in [6.45, 7) is 1.79. The van der Waals surface area contributed by atoms with E-state index in [9.17, 15) is 9.59 Å². The lowest BCUT2D eigenvalue weighted by atomic mass is 10.0. The Kier molecular flexibility index (Phi) is 5.42. The third kappa shape index (κ3) is 4.00. The molecule has 5 nitrogen and oxygen atoms in total. The number of aryl methyl sites for hydroxylation is 1. The number of carbonyl (C=O) groups is 2. The van der Waals surface area contributed by atoms with Crippen molar-refractivity contribution >= 4 is 33.8 Å². The molecule has 0 radical (unpaired) electrons. The van der Waals surface area contributed by atoms with Gasteiger partial charge in [0.05, 0.1) is 18.2 Å². The average Bonchev–Trinajstić information content (AvgIpc) is 3.04. The van der Waals surface area contributed by atoms with Gasteiger partial charge in [-0.05, 0) is 66.6 Å². The number of ether oxygens (including phenoxy) is 3. The molecule has 30 heavy (non-hydrogen) atoms. The molecule has 0 unspecified atom stereocenters. The van der Waals surface area contributed by atoms with E-state index in [1.165, 1.54) is 0 Å². The summed E-state index contributed by atoms with van der Waals surface area (Å²) in [6, 6.07) is 17.4. The number of carbonyl (C=O) groups excluding carboxylic acids is 2. The summed E-state index contributed by atoms with van der Waals surface area (Å²) in [5.74, 6) is 0.946. The van der Waals surface area contributed by atoms with Gasteiger partial charge in [0.1, 0.15) is 17.2 Å². The highest BCUT2D eigenvalue weighted by molar-refractivity contribution is 9.10. The fourth-order valence-electron chi connectivity index (χ4n) is 3.14. The van der Waals surface area contributed by atoms with Crippen LogP contribution in [-0.2, 0) is 0 Å². The number of halogens is 1. The van der Waals surface area contributed by atoms with Crippen molar-refractivity contribution < 1.29 is 23.8 Å². The average molecular weight is 465 g/mol. The molecule has 0 aromatic heterocycles. The van der Waals surface area contributed by atoms with E-state index in [0.29, 0.717) is 28.2 Å². The van der Waals surface area contributed by atoms with Crippen LogP contribution in [0.3, 0.4) is 0 Å². The lowest BCUT2D eigenvalue weighted by molar-refractivity contribution is 0.0734. The predicted octanol–water partition coefficient (Wildman–Crippen LogP) is 5.60. The van der Waals surface area contributed by atoms with E-state index in [1.807, 2.05) is 24.3 Å². The first-order valence-electron chi connectivity index (χ1n) is 9.15. The molecule has 1 aliphatic rings. The number of rotatable bonds is 4. The molecular weight excluding hydrogens is 448 g/mol. The van der Waals surface area contributed by atoms with Crippen molar-refractivity contribution in [2.75, 3.05) is 7.11 Å². The predicted molar refractivity (Wildman–Crippen MR) is 116 cm³/mol. The van der Waals surface area contributed by atoms with Gasteiger partial charge >= 0.3 is 5.97 Å². The molecule has 0 aliphatic carbocycles. The molecule has 1 heterocycles. The second-order valence-electron chi connectivity index (χ2n) is 6.72. The van der Waals surface area contributed by atoms with Crippen LogP contribution in [0.1, 0.15) is 31.8 Å². The Morgan fingerprint density at radius 1 is 1.00 bits per heavy atom. The molecule has 0 saturated carbocycles. The van der Waals surface area contributed by atoms with Crippen LogP contribution in [0.5, 0.6) is 17.2 Å². The molecule has 3 aromatic carbocycles. The summed E-state index contributed by atoms with van der Waals surface area (Å²) in [6.07, 6.45) is 1.68. The highest BCUT2D eigenvalue weighted by Gasteiger charge is 2.30. The molecule has 0 N–H and O–H groups in total. The van der Waals surface area contributed by atoms with Gasteiger partial charge < -0.3 is 14.2 Å². The van der Waals surface area contributed by atoms with Crippen molar-refractivity contribution in [3.05, 3.63) is 93.1 Å². The minimum atomic E-state index is -0.486. The fourth-order valence-corrected chi connectivity index (χ4v) is 3.40. The van der Waals surface area contributed by atoms with Gasteiger partial charge in [0.25, 0.3) is 0 Å². The van der Waals surface area contributed by atoms with Crippen molar-refractivity contribution in [1.29, 1.82) is 0 Å². The van der Waals surface area contributed by atoms with E-state index < -0.39 is 5.97 Å². The second kappa shape index (κ2) is 8.16. The Bertz CT molecular complexity index is 1160. The molecular formula is C24H17BrO5. The minimum Gasteiger partial charge on any atom is -0.497 e. The number of allylic oxidation sites excluding steroid dienone is 1. The number of ketones is 1. The molecule has 3 aromatic rings. The highest BCUT2D eigenvalue weighted by atomic mass is 79.9. The van der Waals surface area contributed by atoms with Gasteiger partial charge in [0, 0.05) is 10.5 Å². The Hall–Kier alpha value is -3.38. The normalized spacial score (nSPS) is 13.7.